The molecule has 100 valence electrons. The molecular formula is C15H16ClNS2. The highest BCUT2D eigenvalue weighted by Gasteiger charge is 2.22. The zero-order chi connectivity index (χ0) is 13.2. The predicted octanol–water partition coefficient (Wildman–Crippen LogP) is 5.29. The Morgan fingerprint density at radius 1 is 1.37 bits per heavy atom. The van der Waals surface area contributed by atoms with Gasteiger partial charge < -0.3 is 5.32 Å². The monoisotopic (exact) mass is 309 g/mol. The first-order valence-corrected chi connectivity index (χ1v) is 8.70. The molecule has 1 aromatic carbocycles. The lowest BCUT2D eigenvalue weighted by atomic mass is 10.0. The first-order chi connectivity index (χ1) is 9.24. The summed E-state index contributed by atoms with van der Waals surface area (Å²) in [6.45, 7) is 2.23. The molecule has 0 fully saturated rings. The van der Waals surface area contributed by atoms with E-state index in [9.17, 15) is 0 Å². The fourth-order valence-corrected chi connectivity index (χ4v) is 4.49. The summed E-state index contributed by atoms with van der Waals surface area (Å²) >= 11 is 9.88. The Hall–Kier alpha value is -0.480. The van der Waals surface area contributed by atoms with Crippen molar-refractivity contribution in [2.45, 2.75) is 30.3 Å². The molecule has 1 aliphatic heterocycles. The van der Waals surface area contributed by atoms with Crippen molar-refractivity contribution < 1.29 is 0 Å². The Bertz CT molecular complexity index is 553. The van der Waals surface area contributed by atoms with Crippen LogP contribution in [0.3, 0.4) is 0 Å². The van der Waals surface area contributed by atoms with E-state index in [2.05, 4.69) is 41.9 Å². The van der Waals surface area contributed by atoms with Crippen LogP contribution in [0.5, 0.6) is 0 Å². The number of hydrogen-bond acceptors (Lipinski definition) is 3. The van der Waals surface area contributed by atoms with E-state index in [0.29, 0.717) is 12.1 Å². The van der Waals surface area contributed by atoms with E-state index in [1.54, 1.807) is 0 Å². The van der Waals surface area contributed by atoms with Gasteiger partial charge in [0.15, 0.2) is 0 Å². The molecule has 0 bridgehead atoms. The molecule has 2 heterocycles. The summed E-state index contributed by atoms with van der Waals surface area (Å²) in [4.78, 5) is 2.76. The van der Waals surface area contributed by atoms with Gasteiger partial charge >= 0.3 is 0 Å². The number of thiophene rings is 1. The lowest BCUT2D eigenvalue weighted by molar-refractivity contribution is 0.454. The maximum Gasteiger partial charge on any atom is 0.0410 e. The Morgan fingerprint density at radius 3 is 3.05 bits per heavy atom. The van der Waals surface area contributed by atoms with Crippen LogP contribution in [0.1, 0.15) is 35.9 Å². The van der Waals surface area contributed by atoms with Crippen molar-refractivity contribution in [3.05, 3.63) is 51.2 Å². The number of hydrogen-bond donors (Lipinski definition) is 1. The molecule has 1 N–H and O–H groups in total. The predicted molar refractivity (Wildman–Crippen MR) is 85.4 cm³/mol. The Balaban J connectivity index is 1.81. The zero-order valence-corrected chi connectivity index (χ0v) is 13.1. The first kappa shape index (κ1) is 13.5. The quantitative estimate of drug-likeness (QED) is 0.827. The average Bonchev–Trinajstić information content (AvgIpc) is 2.93. The van der Waals surface area contributed by atoms with Crippen LogP contribution >= 0.6 is 34.7 Å². The van der Waals surface area contributed by atoms with Crippen molar-refractivity contribution >= 4 is 34.7 Å². The maximum absolute atomic E-state index is 6.14. The normalized spacial score (nSPS) is 20.0. The molecule has 19 heavy (non-hydrogen) atoms. The van der Waals surface area contributed by atoms with Crippen LogP contribution in [0.25, 0.3) is 0 Å². The molecule has 0 saturated heterocycles. The Morgan fingerprint density at radius 2 is 2.26 bits per heavy atom. The molecule has 0 spiro atoms. The molecule has 1 unspecified atom stereocenters. The summed E-state index contributed by atoms with van der Waals surface area (Å²) in [6, 6.07) is 11.3. The van der Waals surface area contributed by atoms with E-state index in [4.69, 9.17) is 11.6 Å². The molecule has 2 atom stereocenters. The second-order valence-electron chi connectivity index (χ2n) is 4.78. The smallest absolute Gasteiger partial charge is 0.0410 e. The van der Waals surface area contributed by atoms with Crippen molar-refractivity contribution in [1.29, 1.82) is 0 Å². The van der Waals surface area contributed by atoms with Gasteiger partial charge in [-0.3, -0.25) is 0 Å². The number of nitrogens with one attached hydrogen (secondary N) is 1. The van der Waals surface area contributed by atoms with Gasteiger partial charge in [0.1, 0.15) is 0 Å². The summed E-state index contributed by atoms with van der Waals surface area (Å²) in [5.41, 5.74) is 1.35. The molecule has 0 aliphatic carbocycles. The molecule has 0 amide bonds. The van der Waals surface area contributed by atoms with Gasteiger partial charge in [0.2, 0.25) is 0 Å². The standard InChI is InChI=1S/C15H16ClNS2/c1-10(14-3-2-7-18-14)17-13-6-8-19-15-5-4-11(16)9-12(13)15/h2-5,7,9-10,13,17H,6,8H2,1H3/t10-,13?/m1/s1. The van der Waals surface area contributed by atoms with E-state index in [1.807, 2.05) is 29.2 Å². The third kappa shape index (κ3) is 3.00. The van der Waals surface area contributed by atoms with Crippen molar-refractivity contribution in [3.8, 4) is 0 Å². The van der Waals surface area contributed by atoms with Gasteiger partial charge in [-0.05, 0) is 54.3 Å². The lowest BCUT2D eigenvalue weighted by Crippen LogP contribution is -2.26. The van der Waals surface area contributed by atoms with Crippen LogP contribution < -0.4 is 5.32 Å². The van der Waals surface area contributed by atoms with E-state index in [1.165, 1.54) is 21.1 Å². The van der Waals surface area contributed by atoms with Crippen molar-refractivity contribution in [3.63, 3.8) is 0 Å². The molecule has 1 aliphatic rings. The molecule has 1 nitrogen and oxygen atoms in total. The number of fused-ring (bicyclic) bond motifs is 1. The van der Waals surface area contributed by atoms with Gasteiger partial charge in [0.05, 0.1) is 0 Å². The number of halogens is 1. The minimum Gasteiger partial charge on any atom is -0.303 e. The van der Waals surface area contributed by atoms with Crippen molar-refractivity contribution in [1.82, 2.24) is 5.32 Å². The first-order valence-electron chi connectivity index (χ1n) is 6.46. The summed E-state index contributed by atoms with van der Waals surface area (Å²) in [5, 5.41) is 6.71. The molecule has 4 heteroatoms. The number of rotatable bonds is 3. The number of benzene rings is 1. The third-order valence-corrected chi connectivity index (χ3v) is 5.85. The van der Waals surface area contributed by atoms with Crippen molar-refractivity contribution in [2.24, 2.45) is 0 Å². The maximum atomic E-state index is 6.14. The highest BCUT2D eigenvalue weighted by atomic mass is 35.5. The summed E-state index contributed by atoms with van der Waals surface area (Å²) in [7, 11) is 0. The Kier molecular flexibility index (Phi) is 4.18. The van der Waals surface area contributed by atoms with Gasteiger partial charge in [-0.15, -0.1) is 23.1 Å². The van der Waals surface area contributed by atoms with E-state index >= 15 is 0 Å². The second kappa shape index (κ2) is 5.88. The van der Waals surface area contributed by atoms with Crippen LogP contribution in [0, 0.1) is 0 Å². The van der Waals surface area contributed by atoms with Crippen LogP contribution in [0.4, 0.5) is 0 Å². The zero-order valence-electron chi connectivity index (χ0n) is 10.7. The Labute approximate surface area is 127 Å². The van der Waals surface area contributed by atoms with E-state index < -0.39 is 0 Å². The highest BCUT2D eigenvalue weighted by molar-refractivity contribution is 7.99. The molecule has 2 aromatic rings. The molecule has 0 radical (unpaired) electrons. The van der Waals surface area contributed by atoms with Gasteiger partial charge in [-0.2, -0.15) is 0 Å². The lowest BCUT2D eigenvalue weighted by Gasteiger charge is -2.28. The summed E-state index contributed by atoms with van der Waals surface area (Å²) in [6.07, 6.45) is 1.16. The largest absolute Gasteiger partial charge is 0.303 e. The topological polar surface area (TPSA) is 12.0 Å². The fourth-order valence-electron chi connectivity index (χ4n) is 2.46. The highest BCUT2D eigenvalue weighted by Crippen LogP contribution is 2.38. The van der Waals surface area contributed by atoms with Crippen LogP contribution in [-0.2, 0) is 0 Å². The van der Waals surface area contributed by atoms with E-state index in [-0.39, 0.29) is 0 Å². The van der Waals surface area contributed by atoms with Gasteiger partial charge in [-0.25, -0.2) is 0 Å². The average molecular weight is 310 g/mol. The third-order valence-electron chi connectivity index (χ3n) is 3.43. The van der Waals surface area contributed by atoms with Crippen LogP contribution in [0.2, 0.25) is 5.02 Å². The molecular weight excluding hydrogens is 294 g/mol. The van der Waals surface area contributed by atoms with Gasteiger partial charge in [-0.1, -0.05) is 17.7 Å². The fraction of sp³-hybridized carbons (Fsp3) is 0.333. The molecule has 0 saturated carbocycles. The summed E-state index contributed by atoms with van der Waals surface area (Å²) in [5.74, 6) is 1.17. The van der Waals surface area contributed by atoms with Crippen LogP contribution in [-0.4, -0.2) is 5.75 Å². The SMILES string of the molecule is C[C@@H](NC1CCSc2ccc(Cl)cc21)c1cccs1. The van der Waals surface area contributed by atoms with E-state index in [0.717, 1.165) is 11.4 Å². The second-order valence-corrected chi connectivity index (χ2v) is 7.33. The summed E-state index contributed by atoms with van der Waals surface area (Å²) < 4.78 is 0. The van der Waals surface area contributed by atoms with Crippen molar-refractivity contribution in [2.75, 3.05) is 5.75 Å². The molecule has 1 aromatic heterocycles. The molecule has 3 rings (SSSR count). The minimum atomic E-state index is 0.389. The van der Waals surface area contributed by atoms with Crippen LogP contribution in [0.15, 0.2) is 40.6 Å². The van der Waals surface area contributed by atoms with Gasteiger partial charge in [0.25, 0.3) is 0 Å². The minimum absolute atomic E-state index is 0.389. The number of thioether (sulfide) groups is 1. The van der Waals surface area contributed by atoms with Gasteiger partial charge in [0, 0.05) is 26.9 Å².